The van der Waals surface area contributed by atoms with Gasteiger partial charge in [0.25, 0.3) is 10.0 Å². The first-order valence-corrected chi connectivity index (χ1v) is 8.17. The molecule has 0 fully saturated rings. The van der Waals surface area contributed by atoms with Gasteiger partial charge in [0.15, 0.2) is 9.96 Å². The molecule has 1 aromatic heterocycles. The lowest BCUT2D eigenvalue weighted by atomic mass is 10.3. The Hall–Kier alpha value is -1.22. The molecule has 2 aromatic rings. The average Bonchev–Trinajstić information content (AvgIpc) is 2.65. The van der Waals surface area contributed by atoms with E-state index in [9.17, 15) is 18.3 Å². The number of aryl methyl sites for hydroxylation is 1. The Balaban J connectivity index is 2.43. The molecule has 0 amide bonds. The maximum Gasteiger partial charge on any atom is 0.306 e. The molecule has 20 heavy (non-hydrogen) atoms. The van der Waals surface area contributed by atoms with Gasteiger partial charge in [0, 0.05) is 5.69 Å². The molecule has 2 rings (SSSR count). The summed E-state index contributed by atoms with van der Waals surface area (Å²) in [6.07, 6.45) is 0. The van der Waals surface area contributed by atoms with Crippen LogP contribution in [0.4, 0.5) is 5.69 Å². The lowest BCUT2D eigenvalue weighted by Gasteiger charge is -2.09. The number of H-pyrrole nitrogens is 1. The SMILES string of the molecule is Cc1[nH]c(=O)sc1S(=O)(=O)Nc1cc(Cl)c(O)c(Cl)c1. The maximum absolute atomic E-state index is 12.1. The molecule has 1 heterocycles. The number of nitrogens with one attached hydrogen (secondary N) is 2. The highest BCUT2D eigenvalue weighted by molar-refractivity contribution is 7.94. The van der Waals surface area contributed by atoms with E-state index in [-0.39, 0.29) is 31.4 Å². The van der Waals surface area contributed by atoms with Crippen molar-refractivity contribution in [3.63, 3.8) is 0 Å². The van der Waals surface area contributed by atoms with Gasteiger partial charge in [0.1, 0.15) is 0 Å². The highest BCUT2D eigenvalue weighted by Gasteiger charge is 2.21. The smallest absolute Gasteiger partial charge is 0.306 e. The molecule has 0 aliphatic rings. The minimum absolute atomic E-state index is 0.0815. The van der Waals surface area contributed by atoms with Crippen molar-refractivity contribution in [2.45, 2.75) is 11.1 Å². The molecule has 6 nitrogen and oxygen atoms in total. The Labute approximate surface area is 128 Å². The Morgan fingerprint density at radius 3 is 2.30 bits per heavy atom. The highest BCUT2D eigenvalue weighted by Crippen LogP contribution is 2.35. The van der Waals surface area contributed by atoms with Crippen molar-refractivity contribution in [3.8, 4) is 5.75 Å². The monoisotopic (exact) mass is 354 g/mol. The lowest BCUT2D eigenvalue weighted by molar-refractivity contribution is 0.476. The fourth-order valence-corrected chi connectivity index (χ4v) is 4.30. The van der Waals surface area contributed by atoms with E-state index in [0.717, 1.165) is 0 Å². The van der Waals surface area contributed by atoms with E-state index in [0.29, 0.717) is 11.3 Å². The number of anilines is 1. The predicted molar refractivity (Wildman–Crippen MR) is 78.6 cm³/mol. The molecule has 1 aromatic carbocycles. The quantitative estimate of drug-likeness (QED) is 0.737. The largest absolute Gasteiger partial charge is 0.505 e. The van der Waals surface area contributed by atoms with Gasteiger partial charge in [-0.05, 0) is 19.1 Å². The third-order valence-corrected chi connectivity index (χ3v) is 5.86. The molecule has 3 N–H and O–H groups in total. The van der Waals surface area contributed by atoms with Crippen LogP contribution in [-0.4, -0.2) is 18.5 Å². The zero-order valence-electron chi connectivity index (χ0n) is 9.90. The first-order valence-electron chi connectivity index (χ1n) is 5.11. The van der Waals surface area contributed by atoms with Gasteiger partial charge in [-0.2, -0.15) is 0 Å². The average molecular weight is 355 g/mol. The van der Waals surface area contributed by atoms with Crippen molar-refractivity contribution in [1.82, 2.24) is 4.98 Å². The molecular weight excluding hydrogens is 347 g/mol. The van der Waals surface area contributed by atoms with Crippen LogP contribution in [0.2, 0.25) is 10.0 Å². The van der Waals surface area contributed by atoms with Crippen molar-refractivity contribution in [2.75, 3.05) is 4.72 Å². The molecule has 108 valence electrons. The number of phenolic OH excluding ortho intramolecular Hbond substituents is 1. The summed E-state index contributed by atoms with van der Waals surface area (Å²) >= 11 is 12.0. The van der Waals surface area contributed by atoms with E-state index < -0.39 is 14.9 Å². The van der Waals surface area contributed by atoms with Gasteiger partial charge >= 0.3 is 4.87 Å². The fourth-order valence-electron chi connectivity index (χ4n) is 1.47. The molecule has 0 aliphatic heterocycles. The molecule has 0 bridgehead atoms. The van der Waals surface area contributed by atoms with Crippen LogP contribution in [-0.2, 0) is 10.0 Å². The summed E-state index contributed by atoms with van der Waals surface area (Å²) in [6, 6.07) is 2.43. The van der Waals surface area contributed by atoms with Crippen LogP contribution in [0.5, 0.6) is 5.75 Å². The van der Waals surface area contributed by atoms with Crippen LogP contribution in [0.25, 0.3) is 0 Å². The summed E-state index contributed by atoms with van der Waals surface area (Å²) in [4.78, 5) is 13.1. The number of rotatable bonds is 3. The third kappa shape index (κ3) is 2.93. The van der Waals surface area contributed by atoms with Crippen LogP contribution in [0.1, 0.15) is 5.69 Å². The van der Waals surface area contributed by atoms with Crippen LogP contribution in [0.3, 0.4) is 0 Å². The summed E-state index contributed by atoms with van der Waals surface area (Å²) in [7, 11) is -3.93. The molecule has 0 saturated carbocycles. The number of aromatic amines is 1. The normalized spacial score (nSPS) is 11.6. The van der Waals surface area contributed by atoms with E-state index in [4.69, 9.17) is 23.2 Å². The Morgan fingerprint density at radius 2 is 1.85 bits per heavy atom. The van der Waals surface area contributed by atoms with Crippen molar-refractivity contribution < 1.29 is 13.5 Å². The van der Waals surface area contributed by atoms with E-state index in [1.54, 1.807) is 0 Å². The molecule has 10 heteroatoms. The van der Waals surface area contributed by atoms with Gasteiger partial charge in [-0.1, -0.05) is 34.5 Å². The summed E-state index contributed by atoms with van der Waals surface area (Å²) in [5.74, 6) is -0.334. The highest BCUT2D eigenvalue weighted by atomic mass is 35.5. The van der Waals surface area contributed by atoms with Crippen molar-refractivity contribution in [1.29, 1.82) is 0 Å². The van der Waals surface area contributed by atoms with Gasteiger partial charge < -0.3 is 10.1 Å². The number of aromatic hydroxyl groups is 1. The van der Waals surface area contributed by atoms with Crippen molar-refractivity contribution in [3.05, 3.63) is 37.5 Å². The van der Waals surface area contributed by atoms with E-state index in [1.807, 2.05) is 0 Å². The van der Waals surface area contributed by atoms with Crippen molar-refractivity contribution in [2.24, 2.45) is 0 Å². The Bertz CT molecular complexity index is 803. The predicted octanol–water partition coefficient (Wildman–Crippen LogP) is 2.56. The number of sulfonamides is 1. The number of aromatic nitrogens is 1. The van der Waals surface area contributed by atoms with Gasteiger partial charge in [-0.25, -0.2) is 8.42 Å². The van der Waals surface area contributed by atoms with Crippen LogP contribution in [0, 0.1) is 6.92 Å². The summed E-state index contributed by atoms with van der Waals surface area (Å²) in [5.41, 5.74) is 0.321. The minimum Gasteiger partial charge on any atom is -0.505 e. The van der Waals surface area contributed by atoms with E-state index in [2.05, 4.69) is 9.71 Å². The topological polar surface area (TPSA) is 99.3 Å². The third-order valence-electron chi connectivity index (χ3n) is 2.29. The number of hydrogen-bond acceptors (Lipinski definition) is 5. The number of benzene rings is 1. The first-order chi connectivity index (χ1) is 9.20. The number of phenols is 1. The molecule has 0 spiro atoms. The van der Waals surface area contributed by atoms with Gasteiger partial charge in [-0.15, -0.1) is 0 Å². The van der Waals surface area contributed by atoms with Gasteiger partial charge in [0.2, 0.25) is 0 Å². The molecular formula is C10H8Cl2N2O4S2. The Morgan fingerprint density at radius 1 is 1.30 bits per heavy atom. The number of thiazole rings is 1. The maximum atomic E-state index is 12.1. The lowest BCUT2D eigenvalue weighted by Crippen LogP contribution is -2.12. The van der Waals surface area contributed by atoms with E-state index in [1.165, 1.54) is 19.1 Å². The molecule has 0 atom stereocenters. The second-order valence-electron chi connectivity index (χ2n) is 3.82. The molecule has 0 aliphatic carbocycles. The summed E-state index contributed by atoms with van der Waals surface area (Å²) < 4.78 is 26.4. The molecule has 0 radical (unpaired) electrons. The van der Waals surface area contributed by atoms with Crippen LogP contribution < -0.4 is 9.60 Å². The second kappa shape index (κ2) is 5.28. The van der Waals surface area contributed by atoms with Crippen LogP contribution >= 0.6 is 34.5 Å². The second-order valence-corrected chi connectivity index (χ2v) is 7.50. The summed E-state index contributed by atoms with van der Waals surface area (Å²) in [5, 5.41) is 9.23. The number of hydrogen-bond donors (Lipinski definition) is 3. The minimum atomic E-state index is -3.93. The first kappa shape index (κ1) is 15.2. The zero-order valence-corrected chi connectivity index (χ0v) is 13.0. The Kier molecular flexibility index (Phi) is 4.01. The van der Waals surface area contributed by atoms with Crippen LogP contribution in [0.15, 0.2) is 21.1 Å². The molecule has 0 unspecified atom stereocenters. The van der Waals surface area contributed by atoms with Crippen molar-refractivity contribution >= 4 is 50.2 Å². The molecule has 0 saturated heterocycles. The van der Waals surface area contributed by atoms with E-state index >= 15 is 0 Å². The van der Waals surface area contributed by atoms with Gasteiger partial charge in [0.05, 0.1) is 15.7 Å². The zero-order chi connectivity index (χ0) is 15.1. The fraction of sp³-hybridized carbons (Fsp3) is 0.100. The summed E-state index contributed by atoms with van der Waals surface area (Å²) in [6.45, 7) is 1.48. The van der Waals surface area contributed by atoms with Gasteiger partial charge in [-0.3, -0.25) is 9.52 Å². The standard InChI is InChI=1S/C10H8Cl2N2O4S2/c1-4-9(19-10(16)13-4)20(17,18)14-5-2-6(11)8(15)7(12)3-5/h2-3,14-15H,1H3,(H,13,16). The number of halogens is 2.